The van der Waals surface area contributed by atoms with Gasteiger partial charge in [-0.3, -0.25) is 14.4 Å². The zero-order chi connectivity index (χ0) is 31.6. The number of amides is 3. The van der Waals surface area contributed by atoms with Gasteiger partial charge < -0.3 is 24.6 Å². The van der Waals surface area contributed by atoms with Gasteiger partial charge in [-0.15, -0.1) is 0 Å². The number of nitrogens with zero attached hydrogens (tertiary/aromatic N) is 5. The molecule has 0 radical (unpaired) electrons. The molecule has 1 spiro atoms. The summed E-state index contributed by atoms with van der Waals surface area (Å²) < 4.78 is 26.9. The van der Waals surface area contributed by atoms with Gasteiger partial charge in [-0.1, -0.05) is 36.4 Å². The number of piperidine rings is 2. The van der Waals surface area contributed by atoms with Crippen LogP contribution < -0.4 is 5.32 Å². The standard InChI is InChI=1S/C32H33FN6O6/c1-21-35-20-36-39(21)25-16-24(33)9-8-23(25)17-34-29(41)27-28(40)30(42)38-12-5-15-44-19-26(38)32(27)10-13-37(14-11-32)31(43)45-18-22-6-3-2-4-7-22/h2-4,6-9,16,19-20,27H,5,10-15,17-18H2,1H3,(H,34,41). The third-order valence-corrected chi connectivity index (χ3v) is 8.74. The van der Waals surface area contributed by atoms with Gasteiger partial charge >= 0.3 is 6.09 Å². The van der Waals surface area contributed by atoms with Gasteiger partial charge in [0.25, 0.3) is 5.91 Å². The molecule has 2 saturated heterocycles. The molecule has 0 bridgehead atoms. The Morgan fingerprint density at radius 3 is 2.62 bits per heavy atom. The summed E-state index contributed by atoms with van der Waals surface area (Å²) in [6.45, 7) is 2.83. The summed E-state index contributed by atoms with van der Waals surface area (Å²) in [5.74, 6) is -3.52. The fourth-order valence-corrected chi connectivity index (χ4v) is 6.40. The van der Waals surface area contributed by atoms with Crippen LogP contribution in [-0.2, 0) is 37.0 Å². The molecule has 3 amide bonds. The van der Waals surface area contributed by atoms with Crippen molar-refractivity contribution in [3.63, 3.8) is 0 Å². The maximum absolute atomic E-state index is 14.2. The van der Waals surface area contributed by atoms with E-state index in [9.17, 15) is 23.6 Å². The Hall–Kier alpha value is -5.07. The molecule has 2 aromatic carbocycles. The summed E-state index contributed by atoms with van der Waals surface area (Å²) in [6.07, 6.45) is 3.33. The van der Waals surface area contributed by atoms with Gasteiger partial charge in [0.15, 0.2) is 0 Å². The maximum Gasteiger partial charge on any atom is 0.410 e. The summed E-state index contributed by atoms with van der Waals surface area (Å²) in [4.78, 5) is 61.1. The molecule has 0 aliphatic carbocycles. The van der Waals surface area contributed by atoms with Crippen LogP contribution in [0.3, 0.4) is 0 Å². The van der Waals surface area contributed by atoms with Crippen molar-refractivity contribution < 1.29 is 33.0 Å². The number of ether oxygens (including phenoxy) is 2. The summed E-state index contributed by atoms with van der Waals surface area (Å²) >= 11 is 0. The van der Waals surface area contributed by atoms with Crippen LogP contribution in [0.25, 0.3) is 5.69 Å². The number of carbonyl (C=O) groups excluding carboxylic acids is 4. The van der Waals surface area contributed by atoms with Crippen molar-refractivity contribution in [1.82, 2.24) is 29.9 Å². The van der Waals surface area contributed by atoms with E-state index in [1.807, 2.05) is 30.3 Å². The van der Waals surface area contributed by atoms with E-state index < -0.39 is 40.8 Å². The zero-order valence-electron chi connectivity index (χ0n) is 24.8. The molecular weight excluding hydrogens is 583 g/mol. The molecule has 234 valence electrons. The summed E-state index contributed by atoms with van der Waals surface area (Å²) in [5.41, 5.74) is 1.16. The van der Waals surface area contributed by atoms with E-state index in [4.69, 9.17) is 9.47 Å². The molecule has 3 aliphatic heterocycles. The smallest absolute Gasteiger partial charge is 0.410 e. The zero-order valence-corrected chi connectivity index (χ0v) is 24.8. The van der Waals surface area contributed by atoms with Gasteiger partial charge in [-0.25, -0.2) is 18.9 Å². The van der Waals surface area contributed by atoms with Crippen LogP contribution in [0.4, 0.5) is 9.18 Å². The van der Waals surface area contributed by atoms with Crippen molar-refractivity contribution in [3.8, 4) is 5.69 Å². The molecule has 1 N–H and O–H groups in total. The monoisotopic (exact) mass is 616 g/mol. The number of allylic oxidation sites excluding steroid dienone is 1. The highest BCUT2D eigenvalue weighted by molar-refractivity contribution is 6.42. The van der Waals surface area contributed by atoms with Crippen LogP contribution >= 0.6 is 0 Å². The lowest BCUT2D eigenvalue weighted by Crippen LogP contribution is -2.62. The molecule has 45 heavy (non-hydrogen) atoms. The highest BCUT2D eigenvalue weighted by Crippen LogP contribution is 2.50. The Balaban J connectivity index is 1.24. The number of hydrogen-bond donors (Lipinski definition) is 1. The van der Waals surface area contributed by atoms with E-state index in [0.717, 1.165) is 5.56 Å². The average molecular weight is 617 g/mol. The summed E-state index contributed by atoms with van der Waals surface area (Å²) in [5, 5.41) is 6.99. The number of likely N-dealkylation sites (tertiary alicyclic amines) is 1. The highest BCUT2D eigenvalue weighted by Gasteiger charge is 2.59. The van der Waals surface area contributed by atoms with Gasteiger partial charge in [0.2, 0.25) is 11.7 Å². The molecule has 1 atom stereocenters. The molecule has 2 fully saturated rings. The van der Waals surface area contributed by atoms with Crippen molar-refractivity contribution in [2.75, 3.05) is 26.2 Å². The molecule has 6 rings (SSSR count). The normalized spacial score (nSPS) is 19.3. The molecule has 4 heterocycles. The van der Waals surface area contributed by atoms with E-state index in [1.54, 1.807) is 11.8 Å². The fourth-order valence-electron chi connectivity index (χ4n) is 6.40. The minimum Gasteiger partial charge on any atom is -0.499 e. The number of aryl methyl sites for hydroxylation is 1. The number of benzene rings is 2. The SMILES string of the molecule is Cc1ncnn1-c1cc(F)ccc1CNC(=O)C1C(=O)C(=O)N2CCCOC=C2C12CCN(C(=O)OCc1ccccc1)CC2. The Morgan fingerprint density at radius 1 is 1.11 bits per heavy atom. The Bertz CT molecular complexity index is 1650. The lowest BCUT2D eigenvalue weighted by Gasteiger charge is -2.50. The first-order valence-corrected chi connectivity index (χ1v) is 14.9. The molecule has 1 unspecified atom stereocenters. The van der Waals surface area contributed by atoms with Crippen molar-refractivity contribution in [3.05, 3.63) is 89.6 Å². The summed E-state index contributed by atoms with van der Waals surface area (Å²) in [7, 11) is 0. The van der Waals surface area contributed by atoms with Gasteiger partial charge in [-0.2, -0.15) is 5.10 Å². The average Bonchev–Trinajstić information content (AvgIpc) is 3.32. The van der Waals surface area contributed by atoms with Crippen molar-refractivity contribution in [1.29, 1.82) is 0 Å². The minimum absolute atomic E-state index is 0.0566. The van der Waals surface area contributed by atoms with E-state index in [-0.39, 0.29) is 45.6 Å². The van der Waals surface area contributed by atoms with Crippen LogP contribution in [0.15, 0.2) is 66.8 Å². The lowest BCUT2D eigenvalue weighted by atomic mass is 9.62. The number of ketones is 1. The van der Waals surface area contributed by atoms with Crippen LogP contribution in [0.1, 0.15) is 36.2 Å². The van der Waals surface area contributed by atoms with Crippen LogP contribution in [0, 0.1) is 24.1 Å². The van der Waals surface area contributed by atoms with Gasteiger partial charge in [0, 0.05) is 31.6 Å². The Kier molecular flexibility index (Phi) is 8.33. The molecule has 3 aliphatic rings. The van der Waals surface area contributed by atoms with Crippen LogP contribution in [0.2, 0.25) is 0 Å². The Labute approximate surface area is 258 Å². The predicted octanol–water partition coefficient (Wildman–Crippen LogP) is 3.04. The second kappa shape index (κ2) is 12.5. The van der Waals surface area contributed by atoms with E-state index in [2.05, 4.69) is 15.4 Å². The minimum atomic E-state index is -1.35. The van der Waals surface area contributed by atoms with Crippen LogP contribution in [0.5, 0.6) is 0 Å². The van der Waals surface area contributed by atoms with Crippen LogP contribution in [-0.4, -0.2) is 74.5 Å². The number of nitrogens with one attached hydrogen (secondary N) is 1. The highest BCUT2D eigenvalue weighted by atomic mass is 19.1. The maximum atomic E-state index is 14.2. The first-order chi connectivity index (χ1) is 21.8. The quantitative estimate of drug-likeness (QED) is 0.330. The number of rotatable bonds is 6. The first kappa shape index (κ1) is 30.0. The second-order valence-corrected chi connectivity index (χ2v) is 11.4. The Morgan fingerprint density at radius 2 is 1.89 bits per heavy atom. The number of fused-ring (bicyclic) bond motifs is 2. The first-order valence-electron chi connectivity index (χ1n) is 14.9. The summed E-state index contributed by atoms with van der Waals surface area (Å²) in [6, 6.07) is 13.4. The van der Waals surface area contributed by atoms with Crippen molar-refractivity contribution in [2.24, 2.45) is 11.3 Å². The molecule has 3 aromatic rings. The number of aromatic nitrogens is 3. The third kappa shape index (κ3) is 5.77. The van der Waals surface area contributed by atoms with Crippen molar-refractivity contribution in [2.45, 2.75) is 39.3 Å². The number of halogens is 1. The second-order valence-electron chi connectivity index (χ2n) is 11.4. The van der Waals surface area contributed by atoms with Gasteiger partial charge in [-0.05, 0) is 49.4 Å². The molecule has 12 nitrogen and oxygen atoms in total. The number of hydrogen-bond acceptors (Lipinski definition) is 8. The van der Waals surface area contributed by atoms with E-state index in [1.165, 1.54) is 40.4 Å². The largest absolute Gasteiger partial charge is 0.499 e. The third-order valence-electron chi connectivity index (χ3n) is 8.74. The van der Waals surface area contributed by atoms with E-state index in [0.29, 0.717) is 35.8 Å². The predicted molar refractivity (Wildman–Crippen MR) is 157 cm³/mol. The van der Waals surface area contributed by atoms with Gasteiger partial charge in [0.05, 0.1) is 18.0 Å². The number of carbonyl (C=O) groups is 4. The van der Waals surface area contributed by atoms with Gasteiger partial charge in [0.1, 0.15) is 36.8 Å². The topological polar surface area (TPSA) is 136 Å². The molecule has 13 heteroatoms. The molecular formula is C32H33FN6O6. The molecule has 0 saturated carbocycles. The number of Topliss-reactive ketones (excluding diaryl/α,β-unsaturated/α-hetero) is 1. The van der Waals surface area contributed by atoms with E-state index >= 15 is 0 Å². The lowest BCUT2D eigenvalue weighted by molar-refractivity contribution is -0.158. The fraction of sp³-hybridized carbons (Fsp3) is 0.375. The van der Waals surface area contributed by atoms with Crippen molar-refractivity contribution >= 4 is 23.7 Å². The molecule has 1 aromatic heterocycles.